The smallest absolute Gasteiger partial charge is 0.0619 e. The number of rotatable bonds is 5. The highest BCUT2D eigenvalue weighted by molar-refractivity contribution is 9.10. The molecular formula is C13H20BrNOS. The van der Waals surface area contributed by atoms with Gasteiger partial charge in [-0.1, -0.05) is 13.8 Å². The van der Waals surface area contributed by atoms with E-state index in [2.05, 4.69) is 45.9 Å². The molecule has 4 heteroatoms. The van der Waals surface area contributed by atoms with E-state index in [-0.39, 0.29) is 0 Å². The average Bonchev–Trinajstić information content (AvgIpc) is 2.94. The molecule has 0 bridgehead atoms. The summed E-state index contributed by atoms with van der Waals surface area (Å²) in [5, 5.41) is 8.04. The lowest BCUT2D eigenvalue weighted by Crippen LogP contribution is -2.32. The predicted molar refractivity (Wildman–Crippen MR) is 76.6 cm³/mol. The first-order valence-electron chi connectivity index (χ1n) is 6.34. The summed E-state index contributed by atoms with van der Waals surface area (Å²) in [7, 11) is 0. The fraction of sp³-hybridized carbons (Fsp3) is 0.692. The minimum absolute atomic E-state index is 0.408. The second kappa shape index (κ2) is 6.32. The molecule has 1 aliphatic rings. The van der Waals surface area contributed by atoms with Crippen molar-refractivity contribution in [3.05, 3.63) is 20.8 Å². The topological polar surface area (TPSA) is 21.3 Å². The highest BCUT2D eigenvalue weighted by Crippen LogP contribution is 2.38. The van der Waals surface area contributed by atoms with Gasteiger partial charge in [-0.15, -0.1) is 0 Å². The van der Waals surface area contributed by atoms with Crippen molar-refractivity contribution in [1.29, 1.82) is 0 Å². The van der Waals surface area contributed by atoms with Gasteiger partial charge < -0.3 is 10.1 Å². The molecule has 2 heterocycles. The first-order valence-corrected chi connectivity index (χ1v) is 8.08. The van der Waals surface area contributed by atoms with Crippen molar-refractivity contribution < 1.29 is 4.74 Å². The first-order chi connectivity index (χ1) is 8.27. The number of nitrogens with one attached hydrogen (secondary N) is 1. The van der Waals surface area contributed by atoms with Crippen molar-refractivity contribution in [2.45, 2.75) is 38.8 Å². The molecule has 2 rings (SSSR count). The number of thiophene rings is 1. The highest BCUT2D eigenvalue weighted by atomic mass is 79.9. The first kappa shape index (κ1) is 13.5. The summed E-state index contributed by atoms with van der Waals surface area (Å²) in [6.07, 6.45) is 2.68. The fourth-order valence-corrected chi connectivity index (χ4v) is 4.27. The van der Waals surface area contributed by atoms with Crippen LogP contribution in [0.1, 0.15) is 38.3 Å². The Morgan fingerprint density at radius 1 is 1.53 bits per heavy atom. The van der Waals surface area contributed by atoms with Gasteiger partial charge >= 0.3 is 0 Å². The van der Waals surface area contributed by atoms with Gasteiger partial charge in [-0.2, -0.15) is 11.3 Å². The van der Waals surface area contributed by atoms with Crippen LogP contribution in [0.2, 0.25) is 0 Å². The molecule has 1 aromatic heterocycles. The number of halogens is 1. The van der Waals surface area contributed by atoms with Gasteiger partial charge in [0, 0.05) is 28.4 Å². The Labute approximate surface area is 116 Å². The Kier molecular flexibility index (Phi) is 5.03. The van der Waals surface area contributed by atoms with Crippen molar-refractivity contribution in [2.24, 2.45) is 5.92 Å². The molecule has 1 aromatic rings. The zero-order valence-electron chi connectivity index (χ0n) is 10.4. The van der Waals surface area contributed by atoms with Gasteiger partial charge in [-0.3, -0.25) is 0 Å². The second-order valence-electron chi connectivity index (χ2n) is 4.48. The molecule has 17 heavy (non-hydrogen) atoms. The Balaban J connectivity index is 2.20. The third-order valence-corrected chi connectivity index (χ3v) is 5.24. The van der Waals surface area contributed by atoms with E-state index in [1.165, 1.54) is 16.5 Å². The lowest BCUT2D eigenvalue weighted by Gasteiger charge is -2.27. The SMILES string of the molecule is CCNC(c1cscc1Br)C1CCOC1CC. The molecule has 0 amide bonds. The third kappa shape index (κ3) is 2.92. The van der Waals surface area contributed by atoms with E-state index in [0.717, 1.165) is 19.6 Å². The van der Waals surface area contributed by atoms with E-state index in [4.69, 9.17) is 4.74 Å². The molecule has 0 aromatic carbocycles. The maximum atomic E-state index is 5.83. The van der Waals surface area contributed by atoms with Crippen LogP contribution in [0.15, 0.2) is 15.2 Å². The summed E-state index contributed by atoms with van der Waals surface area (Å²) < 4.78 is 7.06. The third-order valence-electron chi connectivity index (χ3n) is 3.49. The largest absolute Gasteiger partial charge is 0.378 e. The van der Waals surface area contributed by atoms with Crippen LogP contribution in [0.3, 0.4) is 0 Å². The quantitative estimate of drug-likeness (QED) is 0.887. The van der Waals surface area contributed by atoms with Crippen molar-refractivity contribution in [1.82, 2.24) is 5.32 Å². The van der Waals surface area contributed by atoms with Crippen LogP contribution in [-0.2, 0) is 4.74 Å². The molecule has 0 spiro atoms. The van der Waals surface area contributed by atoms with Gasteiger partial charge in [0.1, 0.15) is 0 Å². The number of hydrogen-bond acceptors (Lipinski definition) is 3. The van der Waals surface area contributed by atoms with Crippen LogP contribution < -0.4 is 5.32 Å². The normalized spacial score (nSPS) is 26.3. The summed E-state index contributed by atoms with van der Waals surface area (Å²) in [6.45, 7) is 6.30. The van der Waals surface area contributed by atoms with E-state index >= 15 is 0 Å². The molecule has 96 valence electrons. The van der Waals surface area contributed by atoms with Gasteiger partial charge in [0.2, 0.25) is 0 Å². The van der Waals surface area contributed by atoms with E-state index in [9.17, 15) is 0 Å². The average molecular weight is 318 g/mol. The van der Waals surface area contributed by atoms with E-state index in [0.29, 0.717) is 18.1 Å². The summed E-state index contributed by atoms with van der Waals surface area (Å²) in [5.74, 6) is 0.603. The molecule has 3 atom stereocenters. The maximum absolute atomic E-state index is 5.83. The van der Waals surface area contributed by atoms with Gasteiger partial charge in [0.05, 0.1) is 6.10 Å². The van der Waals surface area contributed by atoms with Crippen LogP contribution in [0.5, 0.6) is 0 Å². The van der Waals surface area contributed by atoms with Crippen molar-refractivity contribution in [2.75, 3.05) is 13.2 Å². The molecule has 0 radical (unpaired) electrons. The minimum atomic E-state index is 0.408. The van der Waals surface area contributed by atoms with Crippen LogP contribution >= 0.6 is 27.3 Å². The number of ether oxygens (including phenoxy) is 1. The van der Waals surface area contributed by atoms with Crippen LogP contribution in [0.4, 0.5) is 0 Å². The van der Waals surface area contributed by atoms with Gasteiger partial charge in [-0.05, 0) is 46.3 Å². The highest BCUT2D eigenvalue weighted by Gasteiger charge is 2.35. The second-order valence-corrected chi connectivity index (χ2v) is 6.08. The predicted octanol–water partition coefficient (Wildman–Crippen LogP) is 3.98. The van der Waals surface area contributed by atoms with Crippen LogP contribution in [0, 0.1) is 5.92 Å². The molecule has 3 unspecified atom stereocenters. The molecular weight excluding hydrogens is 298 g/mol. The van der Waals surface area contributed by atoms with E-state index in [1.807, 2.05) is 0 Å². The molecule has 1 saturated heterocycles. The van der Waals surface area contributed by atoms with Crippen molar-refractivity contribution in [3.8, 4) is 0 Å². The van der Waals surface area contributed by atoms with Gasteiger partial charge in [-0.25, -0.2) is 0 Å². The Bertz CT molecular complexity index is 355. The molecule has 1 fully saturated rings. The Morgan fingerprint density at radius 2 is 2.35 bits per heavy atom. The van der Waals surface area contributed by atoms with Crippen LogP contribution in [-0.4, -0.2) is 19.3 Å². The zero-order valence-corrected chi connectivity index (χ0v) is 12.8. The maximum Gasteiger partial charge on any atom is 0.0619 e. The summed E-state index contributed by atoms with van der Waals surface area (Å²) in [4.78, 5) is 0. The molecule has 1 N–H and O–H groups in total. The minimum Gasteiger partial charge on any atom is -0.378 e. The number of hydrogen-bond donors (Lipinski definition) is 1. The fourth-order valence-electron chi connectivity index (χ4n) is 2.69. The standard InChI is InChI=1S/C13H20BrNOS/c1-3-12-9(5-6-16-12)13(15-4-2)10-7-17-8-11(10)14/h7-9,12-13,15H,3-6H2,1-2H3. The van der Waals surface area contributed by atoms with E-state index < -0.39 is 0 Å². The Morgan fingerprint density at radius 3 is 2.94 bits per heavy atom. The monoisotopic (exact) mass is 317 g/mol. The lowest BCUT2D eigenvalue weighted by molar-refractivity contribution is 0.0775. The Hall–Kier alpha value is 0.1000. The van der Waals surface area contributed by atoms with E-state index in [1.54, 1.807) is 11.3 Å². The molecule has 1 aliphatic heterocycles. The summed E-state index contributed by atoms with van der Waals surface area (Å²) in [5.41, 5.74) is 1.39. The van der Waals surface area contributed by atoms with Gasteiger partial charge in [0.15, 0.2) is 0 Å². The van der Waals surface area contributed by atoms with Crippen LogP contribution in [0.25, 0.3) is 0 Å². The summed E-state index contributed by atoms with van der Waals surface area (Å²) >= 11 is 5.42. The molecule has 0 saturated carbocycles. The van der Waals surface area contributed by atoms with Crippen molar-refractivity contribution >= 4 is 27.3 Å². The summed E-state index contributed by atoms with van der Waals surface area (Å²) in [6, 6.07) is 0.424. The molecule has 2 nitrogen and oxygen atoms in total. The van der Waals surface area contributed by atoms with Crippen molar-refractivity contribution in [3.63, 3.8) is 0 Å². The lowest BCUT2D eigenvalue weighted by atomic mass is 9.88. The zero-order chi connectivity index (χ0) is 12.3. The molecule has 0 aliphatic carbocycles. The van der Waals surface area contributed by atoms with Gasteiger partial charge in [0.25, 0.3) is 0 Å².